The molecule has 0 bridgehead atoms. The van der Waals surface area contributed by atoms with Crippen molar-refractivity contribution in [1.29, 1.82) is 0 Å². The summed E-state index contributed by atoms with van der Waals surface area (Å²) in [7, 11) is -3.26. The van der Waals surface area contributed by atoms with Crippen molar-refractivity contribution in [3.63, 3.8) is 0 Å². The number of carboxylic acids is 1. The van der Waals surface area contributed by atoms with Crippen molar-refractivity contribution in [2.75, 3.05) is 12.8 Å². The third-order valence-corrected chi connectivity index (χ3v) is 6.31. The zero-order chi connectivity index (χ0) is 19.1. The molecule has 26 heavy (non-hydrogen) atoms. The predicted molar refractivity (Wildman–Crippen MR) is 96.9 cm³/mol. The first-order chi connectivity index (χ1) is 12.2. The summed E-state index contributed by atoms with van der Waals surface area (Å²) < 4.78 is 24.8. The van der Waals surface area contributed by atoms with Gasteiger partial charge in [0.25, 0.3) is 0 Å². The topological polar surface area (TPSA) is 115 Å². The first-order valence-electron chi connectivity index (χ1n) is 8.47. The molecule has 3 rings (SSSR count). The summed E-state index contributed by atoms with van der Waals surface area (Å²) in [5, 5.41) is 9.77. The van der Waals surface area contributed by atoms with E-state index in [1.54, 1.807) is 29.2 Å². The zero-order valence-electron chi connectivity index (χ0n) is 14.8. The van der Waals surface area contributed by atoms with Gasteiger partial charge in [-0.1, -0.05) is 6.92 Å². The van der Waals surface area contributed by atoms with Crippen molar-refractivity contribution in [2.45, 2.75) is 30.1 Å². The average Bonchev–Trinajstić information content (AvgIpc) is 3.10. The van der Waals surface area contributed by atoms with Crippen molar-refractivity contribution in [2.24, 2.45) is 17.6 Å². The fourth-order valence-corrected chi connectivity index (χ4v) is 4.07. The SMILES string of the molecule is CC(CN)C[C@H]1CC1(C(=O)O)c1cn(-c2ccc(S(C)(=O)=O)cc2)cn1. The number of hydrogen-bond donors (Lipinski definition) is 2. The Labute approximate surface area is 152 Å². The zero-order valence-corrected chi connectivity index (χ0v) is 15.6. The fourth-order valence-electron chi connectivity index (χ4n) is 3.44. The number of hydrogen-bond acceptors (Lipinski definition) is 5. The van der Waals surface area contributed by atoms with Crippen LogP contribution in [0.2, 0.25) is 0 Å². The average molecular weight is 377 g/mol. The summed E-state index contributed by atoms with van der Waals surface area (Å²) in [6.45, 7) is 2.56. The lowest BCUT2D eigenvalue weighted by atomic mass is 9.94. The molecule has 0 radical (unpaired) electrons. The Bertz CT molecular complexity index is 920. The molecular formula is C18H23N3O4S. The van der Waals surface area contributed by atoms with Gasteiger partial charge >= 0.3 is 5.97 Å². The third-order valence-electron chi connectivity index (χ3n) is 5.18. The highest BCUT2D eigenvalue weighted by atomic mass is 32.2. The van der Waals surface area contributed by atoms with Crippen LogP contribution in [-0.4, -0.2) is 41.8 Å². The van der Waals surface area contributed by atoms with Gasteiger partial charge in [0, 0.05) is 18.1 Å². The van der Waals surface area contributed by atoms with E-state index in [4.69, 9.17) is 5.73 Å². The lowest BCUT2D eigenvalue weighted by Gasteiger charge is -2.12. The van der Waals surface area contributed by atoms with E-state index in [1.165, 1.54) is 12.1 Å². The Morgan fingerprint density at radius 1 is 1.42 bits per heavy atom. The number of benzene rings is 1. The molecule has 0 saturated heterocycles. The quantitative estimate of drug-likeness (QED) is 0.757. The minimum Gasteiger partial charge on any atom is -0.481 e. The van der Waals surface area contributed by atoms with Crippen LogP contribution >= 0.6 is 0 Å². The Kier molecular flexibility index (Phi) is 4.66. The van der Waals surface area contributed by atoms with Crippen molar-refractivity contribution in [3.8, 4) is 5.69 Å². The molecule has 1 fully saturated rings. The lowest BCUT2D eigenvalue weighted by molar-refractivity contribution is -0.140. The minimum absolute atomic E-state index is 0.0366. The predicted octanol–water partition coefficient (Wildman–Crippen LogP) is 1.60. The molecule has 2 aromatic rings. The van der Waals surface area contributed by atoms with E-state index in [1.807, 2.05) is 6.92 Å². The Balaban J connectivity index is 1.86. The number of nitrogens with two attached hydrogens (primary N) is 1. The van der Waals surface area contributed by atoms with E-state index in [9.17, 15) is 18.3 Å². The van der Waals surface area contributed by atoms with E-state index in [0.29, 0.717) is 18.7 Å². The molecule has 1 heterocycles. The van der Waals surface area contributed by atoms with E-state index < -0.39 is 21.2 Å². The fraction of sp³-hybridized carbons (Fsp3) is 0.444. The lowest BCUT2D eigenvalue weighted by Crippen LogP contribution is -2.24. The van der Waals surface area contributed by atoms with Crippen molar-refractivity contribution >= 4 is 15.8 Å². The molecule has 2 unspecified atom stereocenters. The van der Waals surface area contributed by atoms with Crippen molar-refractivity contribution in [3.05, 3.63) is 42.5 Å². The van der Waals surface area contributed by atoms with Gasteiger partial charge in [0.1, 0.15) is 5.41 Å². The standard InChI is InChI=1S/C18H23N3O4S/c1-12(9-19)7-13-8-18(13,17(22)23)16-10-21(11-20-16)14-3-5-15(6-4-14)26(2,24)25/h3-6,10-13H,7-9,19H2,1-2H3,(H,22,23)/t12?,13-,18?/m0/s1. The Hall–Kier alpha value is -2.19. The van der Waals surface area contributed by atoms with Crippen LogP contribution in [0.4, 0.5) is 0 Å². The third kappa shape index (κ3) is 3.26. The van der Waals surface area contributed by atoms with E-state index in [-0.39, 0.29) is 16.7 Å². The number of carboxylic acid groups (broad SMARTS) is 1. The Morgan fingerprint density at radius 3 is 2.62 bits per heavy atom. The molecule has 3 atom stereocenters. The van der Waals surface area contributed by atoms with Crippen molar-refractivity contribution < 1.29 is 18.3 Å². The second-order valence-corrected chi connectivity index (χ2v) is 9.20. The van der Waals surface area contributed by atoms with Crippen molar-refractivity contribution in [1.82, 2.24) is 9.55 Å². The monoisotopic (exact) mass is 377 g/mol. The molecule has 1 aromatic carbocycles. The normalized spacial score (nSPS) is 23.6. The van der Waals surface area contributed by atoms with Gasteiger partial charge in [-0.15, -0.1) is 0 Å². The molecule has 0 amide bonds. The molecule has 1 saturated carbocycles. The molecule has 1 aliphatic rings. The largest absolute Gasteiger partial charge is 0.481 e. The number of rotatable bonds is 7. The number of carbonyl (C=O) groups is 1. The maximum atomic E-state index is 11.9. The van der Waals surface area contributed by atoms with Crippen LogP contribution in [0.1, 0.15) is 25.5 Å². The van der Waals surface area contributed by atoms with Crippen LogP contribution in [0, 0.1) is 11.8 Å². The summed E-state index contributed by atoms with van der Waals surface area (Å²) in [5.41, 5.74) is 5.98. The number of aliphatic carboxylic acids is 1. The molecule has 7 nitrogen and oxygen atoms in total. The van der Waals surface area contributed by atoms with Gasteiger partial charge in [-0.05, 0) is 55.5 Å². The van der Waals surface area contributed by atoms with Crippen LogP contribution in [0.5, 0.6) is 0 Å². The van der Waals surface area contributed by atoms with Gasteiger partial charge < -0.3 is 15.4 Å². The molecule has 1 aliphatic carbocycles. The second-order valence-electron chi connectivity index (χ2n) is 7.19. The summed E-state index contributed by atoms with van der Waals surface area (Å²) in [6, 6.07) is 6.41. The van der Waals surface area contributed by atoms with Gasteiger partial charge in [0.2, 0.25) is 0 Å². The summed E-state index contributed by atoms with van der Waals surface area (Å²) >= 11 is 0. The highest BCUT2D eigenvalue weighted by Gasteiger charge is 2.62. The summed E-state index contributed by atoms with van der Waals surface area (Å²) in [4.78, 5) is 16.5. The number of aromatic nitrogens is 2. The number of nitrogens with zero attached hydrogens (tertiary/aromatic N) is 2. The van der Waals surface area contributed by atoms with Crippen LogP contribution in [0.15, 0.2) is 41.7 Å². The molecule has 1 aromatic heterocycles. The minimum atomic E-state index is -3.26. The van der Waals surface area contributed by atoms with E-state index in [0.717, 1.165) is 18.4 Å². The highest BCUT2D eigenvalue weighted by molar-refractivity contribution is 7.90. The first-order valence-corrected chi connectivity index (χ1v) is 10.4. The smallest absolute Gasteiger partial charge is 0.316 e. The van der Waals surface area contributed by atoms with E-state index >= 15 is 0 Å². The second kappa shape index (κ2) is 6.51. The van der Waals surface area contributed by atoms with Gasteiger partial charge in [0.15, 0.2) is 9.84 Å². The molecule has 0 spiro atoms. The number of sulfone groups is 1. The molecular weight excluding hydrogens is 354 g/mol. The van der Waals surface area contributed by atoms with Crippen LogP contribution in [0.25, 0.3) is 5.69 Å². The molecule has 140 valence electrons. The van der Waals surface area contributed by atoms with Gasteiger partial charge in [0.05, 0.1) is 16.9 Å². The Morgan fingerprint density at radius 2 is 2.08 bits per heavy atom. The van der Waals surface area contributed by atoms with E-state index in [2.05, 4.69) is 4.98 Å². The van der Waals surface area contributed by atoms with Gasteiger partial charge in [-0.25, -0.2) is 13.4 Å². The van der Waals surface area contributed by atoms with Crippen LogP contribution in [0.3, 0.4) is 0 Å². The number of imidazole rings is 1. The highest BCUT2D eigenvalue weighted by Crippen LogP contribution is 2.56. The maximum absolute atomic E-state index is 11.9. The molecule has 0 aliphatic heterocycles. The molecule has 8 heteroatoms. The van der Waals surface area contributed by atoms with Crippen LogP contribution in [-0.2, 0) is 20.0 Å². The van der Waals surface area contributed by atoms with Crippen LogP contribution < -0.4 is 5.73 Å². The first kappa shape index (κ1) is 18.6. The summed E-state index contributed by atoms with van der Waals surface area (Å²) in [5.74, 6) is -0.550. The maximum Gasteiger partial charge on any atom is 0.316 e. The van der Waals surface area contributed by atoms with Gasteiger partial charge in [-0.2, -0.15) is 0 Å². The summed E-state index contributed by atoms with van der Waals surface area (Å²) in [6.07, 6.45) is 5.77. The molecule has 3 N–H and O–H groups in total. The van der Waals surface area contributed by atoms with Gasteiger partial charge in [-0.3, -0.25) is 4.79 Å².